The first-order valence-corrected chi connectivity index (χ1v) is 9.74. The molecular weight excluding hydrogens is 355 g/mol. The van der Waals surface area contributed by atoms with Gasteiger partial charge in [0.1, 0.15) is 5.82 Å². The second kappa shape index (κ2) is 7.72. The van der Waals surface area contributed by atoms with Crippen molar-refractivity contribution in [3.05, 3.63) is 52.8 Å². The predicted octanol–water partition coefficient (Wildman–Crippen LogP) is 2.87. The minimum absolute atomic E-state index is 0.0973. The fourth-order valence-electron chi connectivity index (χ4n) is 4.20. The predicted molar refractivity (Wildman–Crippen MR) is 110 cm³/mol. The van der Waals surface area contributed by atoms with Crippen LogP contribution in [0.3, 0.4) is 0 Å². The number of nitrogens with one attached hydrogen (secondary N) is 1. The molecule has 2 aromatic rings. The Balaban J connectivity index is 1.65. The number of fused-ring (bicyclic) bond motifs is 1. The van der Waals surface area contributed by atoms with Gasteiger partial charge in [0.2, 0.25) is 0 Å². The summed E-state index contributed by atoms with van der Waals surface area (Å²) in [5.41, 5.74) is 9.87. The lowest BCUT2D eigenvalue weighted by atomic mass is 9.91. The Labute approximate surface area is 164 Å². The molecule has 0 saturated carbocycles. The maximum Gasteiger partial charge on any atom is 0.254 e. The molecule has 2 aromatic carbocycles. The van der Waals surface area contributed by atoms with Gasteiger partial charge in [-0.05, 0) is 67.2 Å². The molecule has 5 nitrogen and oxygen atoms in total. The molecule has 4 rings (SSSR count). The van der Waals surface area contributed by atoms with E-state index in [2.05, 4.69) is 10.3 Å². The first-order valence-electron chi connectivity index (χ1n) is 9.74. The Kier molecular flexibility index (Phi) is 5.13. The third-order valence-corrected chi connectivity index (χ3v) is 5.73. The molecule has 1 saturated heterocycles. The van der Waals surface area contributed by atoms with Crippen LogP contribution in [0.4, 0.5) is 10.1 Å². The van der Waals surface area contributed by atoms with Crippen molar-refractivity contribution >= 4 is 17.8 Å². The van der Waals surface area contributed by atoms with E-state index in [-0.39, 0.29) is 11.6 Å². The van der Waals surface area contributed by atoms with Gasteiger partial charge in [-0.2, -0.15) is 0 Å². The number of halogens is 1. The third-order valence-electron chi connectivity index (χ3n) is 5.73. The number of hydrogen-bond donors (Lipinski definition) is 2. The van der Waals surface area contributed by atoms with Gasteiger partial charge in [-0.1, -0.05) is 12.1 Å². The second-order valence-corrected chi connectivity index (χ2v) is 7.45. The SMILES string of the molecule is CN=Cc1cc(-c2ccc3c(c2)CCN(C2CCNCC2)C3=O)cc(F)c1N. The van der Waals surface area contributed by atoms with Crippen LogP contribution in [0, 0.1) is 5.82 Å². The summed E-state index contributed by atoms with van der Waals surface area (Å²) in [7, 11) is 1.63. The first-order chi connectivity index (χ1) is 13.6. The van der Waals surface area contributed by atoms with Gasteiger partial charge in [0.15, 0.2) is 0 Å². The summed E-state index contributed by atoms with van der Waals surface area (Å²) in [6.45, 7) is 2.67. The number of nitrogen functional groups attached to an aromatic ring is 1. The lowest BCUT2D eigenvalue weighted by Gasteiger charge is -2.37. The number of nitrogens with two attached hydrogens (primary N) is 1. The van der Waals surface area contributed by atoms with Gasteiger partial charge < -0.3 is 16.0 Å². The maximum atomic E-state index is 14.3. The Hall–Kier alpha value is -2.73. The van der Waals surface area contributed by atoms with Crippen molar-refractivity contribution in [2.75, 3.05) is 32.4 Å². The van der Waals surface area contributed by atoms with E-state index in [1.165, 1.54) is 6.07 Å². The van der Waals surface area contributed by atoms with Gasteiger partial charge in [-0.15, -0.1) is 0 Å². The highest BCUT2D eigenvalue weighted by Gasteiger charge is 2.30. The Bertz CT molecular complexity index is 934. The van der Waals surface area contributed by atoms with Crippen LogP contribution in [0.1, 0.15) is 34.3 Å². The highest BCUT2D eigenvalue weighted by Crippen LogP contribution is 2.30. The summed E-state index contributed by atoms with van der Waals surface area (Å²) in [5, 5.41) is 3.35. The van der Waals surface area contributed by atoms with Crippen LogP contribution in [0.5, 0.6) is 0 Å². The van der Waals surface area contributed by atoms with E-state index < -0.39 is 5.82 Å². The number of benzene rings is 2. The number of rotatable bonds is 3. The van der Waals surface area contributed by atoms with Gasteiger partial charge in [-0.25, -0.2) is 4.39 Å². The number of nitrogens with zero attached hydrogens (tertiary/aromatic N) is 2. The highest BCUT2D eigenvalue weighted by molar-refractivity contribution is 5.98. The van der Waals surface area contributed by atoms with E-state index in [1.807, 2.05) is 29.2 Å². The highest BCUT2D eigenvalue weighted by atomic mass is 19.1. The molecule has 0 spiro atoms. The zero-order valence-corrected chi connectivity index (χ0v) is 16.0. The standard InChI is InChI=1S/C22H25FN4O/c1-25-13-17-11-16(12-20(23)21(17)24)14-2-3-19-15(10-14)6-9-27(22(19)28)18-4-7-26-8-5-18/h2-3,10-13,18,26H,4-9,24H2,1H3. The second-order valence-electron chi connectivity index (χ2n) is 7.45. The number of carbonyl (C=O) groups excluding carboxylic acids is 1. The summed E-state index contributed by atoms with van der Waals surface area (Å²) >= 11 is 0. The van der Waals surface area contributed by atoms with Crippen molar-refractivity contribution < 1.29 is 9.18 Å². The number of piperidine rings is 1. The minimum atomic E-state index is -0.460. The van der Waals surface area contributed by atoms with Crippen LogP contribution in [0.25, 0.3) is 11.1 Å². The molecule has 2 heterocycles. The number of hydrogen-bond acceptors (Lipinski definition) is 4. The first kappa shape index (κ1) is 18.6. The van der Waals surface area contributed by atoms with E-state index >= 15 is 0 Å². The molecule has 0 atom stereocenters. The quantitative estimate of drug-likeness (QED) is 0.635. The monoisotopic (exact) mass is 380 g/mol. The third kappa shape index (κ3) is 3.40. The molecule has 146 valence electrons. The fourth-order valence-corrected chi connectivity index (χ4v) is 4.20. The van der Waals surface area contributed by atoms with Crippen molar-refractivity contribution in [1.82, 2.24) is 10.2 Å². The van der Waals surface area contributed by atoms with Gasteiger partial charge in [-0.3, -0.25) is 9.79 Å². The van der Waals surface area contributed by atoms with Gasteiger partial charge in [0, 0.05) is 37.0 Å². The fraction of sp³-hybridized carbons (Fsp3) is 0.364. The Morgan fingerprint density at radius 1 is 1.21 bits per heavy atom. The molecule has 0 aliphatic carbocycles. The molecule has 1 amide bonds. The maximum absolute atomic E-state index is 14.3. The molecule has 28 heavy (non-hydrogen) atoms. The average Bonchev–Trinajstić information content (AvgIpc) is 2.72. The van der Waals surface area contributed by atoms with Crippen LogP contribution in [0.15, 0.2) is 35.3 Å². The van der Waals surface area contributed by atoms with E-state index in [1.54, 1.807) is 13.3 Å². The Morgan fingerprint density at radius 3 is 2.75 bits per heavy atom. The lowest BCUT2D eigenvalue weighted by Crippen LogP contribution is -2.49. The van der Waals surface area contributed by atoms with E-state index in [0.717, 1.165) is 61.2 Å². The van der Waals surface area contributed by atoms with E-state index in [4.69, 9.17) is 5.73 Å². The smallest absolute Gasteiger partial charge is 0.254 e. The molecule has 1 fully saturated rings. The normalized spacial score (nSPS) is 17.9. The van der Waals surface area contributed by atoms with Crippen LogP contribution < -0.4 is 11.1 Å². The van der Waals surface area contributed by atoms with Crippen molar-refractivity contribution in [1.29, 1.82) is 0 Å². The van der Waals surface area contributed by atoms with Crippen molar-refractivity contribution in [2.24, 2.45) is 4.99 Å². The van der Waals surface area contributed by atoms with Crippen LogP contribution >= 0.6 is 0 Å². The van der Waals surface area contributed by atoms with Crippen molar-refractivity contribution in [3.63, 3.8) is 0 Å². The zero-order chi connectivity index (χ0) is 19.7. The molecule has 6 heteroatoms. The largest absolute Gasteiger partial charge is 0.396 e. The van der Waals surface area contributed by atoms with Gasteiger partial charge in [0.05, 0.1) is 5.69 Å². The topological polar surface area (TPSA) is 70.7 Å². The van der Waals surface area contributed by atoms with Crippen LogP contribution in [0.2, 0.25) is 0 Å². The molecule has 0 aromatic heterocycles. The average molecular weight is 380 g/mol. The van der Waals surface area contributed by atoms with Crippen LogP contribution in [-0.4, -0.2) is 49.7 Å². The van der Waals surface area contributed by atoms with Crippen LogP contribution in [-0.2, 0) is 6.42 Å². The number of aliphatic imine (C=N–C) groups is 1. The van der Waals surface area contributed by atoms with Crippen molar-refractivity contribution in [3.8, 4) is 11.1 Å². The Morgan fingerprint density at radius 2 is 2.00 bits per heavy atom. The molecule has 2 aliphatic rings. The summed E-state index contributed by atoms with van der Waals surface area (Å²) < 4.78 is 14.3. The summed E-state index contributed by atoms with van der Waals surface area (Å²) in [6, 6.07) is 9.37. The molecule has 0 bridgehead atoms. The zero-order valence-electron chi connectivity index (χ0n) is 16.0. The minimum Gasteiger partial charge on any atom is -0.396 e. The summed E-state index contributed by atoms with van der Waals surface area (Å²) in [5.74, 6) is -0.347. The van der Waals surface area contributed by atoms with Gasteiger partial charge in [0.25, 0.3) is 5.91 Å². The summed E-state index contributed by atoms with van der Waals surface area (Å²) in [6.07, 6.45) is 4.39. The van der Waals surface area contributed by atoms with E-state index in [0.29, 0.717) is 11.6 Å². The van der Waals surface area contributed by atoms with E-state index in [9.17, 15) is 9.18 Å². The molecule has 3 N–H and O–H groups in total. The van der Waals surface area contributed by atoms with Crippen molar-refractivity contribution in [2.45, 2.75) is 25.3 Å². The summed E-state index contributed by atoms with van der Waals surface area (Å²) in [4.78, 5) is 19.0. The molecule has 2 aliphatic heterocycles. The molecular formula is C22H25FN4O. The lowest BCUT2D eigenvalue weighted by molar-refractivity contribution is 0.0623. The number of carbonyl (C=O) groups is 1. The van der Waals surface area contributed by atoms with Gasteiger partial charge >= 0.3 is 0 Å². The number of anilines is 1. The number of amides is 1. The molecule has 0 unspecified atom stereocenters. The molecule has 0 radical (unpaired) electrons.